The number of hydrogen-bond acceptors (Lipinski definition) is 5. The molecule has 0 aliphatic rings. The van der Waals surface area contributed by atoms with E-state index in [4.69, 9.17) is 16.3 Å². The molecule has 0 radical (unpaired) electrons. The molecule has 0 aliphatic carbocycles. The number of carbonyl (C=O) groups excluding carboxylic acids is 1. The van der Waals surface area contributed by atoms with Crippen molar-refractivity contribution in [2.75, 3.05) is 12.4 Å². The first-order chi connectivity index (χ1) is 11.0. The molecule has 0 unspecified atom stereocenters. The zero-order chi connectivity index (χ0) is 16.8. The summed E-state index contributed by atoms with van der Waals surface area (Å²) in [6.07, 6.45) is 0. The molecule has 0 amide bonds. The van der Waals surface area contributed by atoms with Gasteiger partial charge in [0.25, 0.3) is 5.69 Å². The Morgan fingerprint density at radius 3 is 2.57 bits per heavy atom. The lowest BCUT2D eigenvalue weighted by Gasteiger charge is -2.06. The summed E-state index contributed by atoms with van der Waals surface area (Å²) >= 11 is 7.36. The first-order valence-electron chi connectivity index (χ1n) is 6.78. The van der Waals surface area contributed by atoms with Crippen molar-refractivity contribution in [2.45, 2.75) is 11.8 Å². The first-order valence-corrected chi connectivity index (χ1v) is 8.14. The summed E-state index contributed by atoms with van der Waals surface area (Å²) in [5.74, 6) is 0.124. The molecule has 23 heavy (non-hydrogen) atoms. The molecule has 0 N–H and O–H groups in total. The Bertz CT molecular complexity index is 719. The molecule has 2 aromatic carbocycles. The lowest BCUT2D eigenvalue weighted by Crippen LogP contribution is -2.08. The van der Waals surface area contributed by atoms with E-state index in [-0.39, 0.29) is 12.3 Å². The van der Waals surface area contributed by atoms with E-state index in [0.29, 0.717) is 21.9 Å². The van der Waals surface area contributed by atoms with Crippen LogP contribution in [0.1, 0.15) is 15.9 Å². The second kappa shape index (κ2) is 7.99. The summed E-state index contributed by atoms with van der Waals surface area (Å²) in [5, 5.41) is 11.4. The maximum absolute atomic E-state index is 11.9. The molecule has 120 valence electrons. The van der Waals surface area contributed by atoms with E-state index in [0.717, 1.165) is 4.90 Å². The van der Waals surface area contributed by atoms with Gasteiger partial charge in [0, 0.05) is 27.3 Å². The predicted molar refractivity (Wildman–Crippen MR) is 90.3 cm³/mol. The highest BCUT2D eigenvalue weighted by Gasteiger charge is 2.14. The Morgan fingerprint density at radius 1 is 1.26 bits per heavy atom. The molecule has 0 fully saturated rings. The molecule has 7 heteroatoms. The average molecular weight is 352 g/mol. The SMILES string of the molecule is Cc1cc(C(=O)OCCSc2ccc(Cl)cc2)ccc1[N+](=O)[O-]. The van der Waals surface area contributed by atoms with Gasteiger partial charge in [-0.1, -0.05) is 11.6 Å². The van der Waals surface area contributed by atoms with Gasteiger partial charge < -0.3 is 4.74 Å². The minimum absolute atomic E-state index is 0.0140. The number of esters is 1. The topological polar surface area (TPSA) is 69.4 Å². The largest absolute Gasteiger partial charge is 0.461 e. The van der Waals surface area contributed by atoms with Gasteiger partial charge in [-0.05, 0) is 43.3 Å². The number of hydrogen-bond donors (Lipinski definition) is 0. The number of nitro groups is 1. The zero-order valence-electron chi connectivity index (χ0n) is 12.3. The van der Waals surface area contributed by atoms with E-state index < -0.39 is 10.9 Å². The van der Waals surface area contributed by atoms with Crippen LogP contribution in [0.25, 0.3) is 0 Å². The van der Waals surface area contributed by atoms with Crippen LogP contribution in [0.5, 0.6) is 0 Å². The number of rotatable bonds is 6. The van der Waals surface area contributed by atoms with Crippen LogP contribution < -0.4 is 0 Å². The van der Waals surface area contributed by atoms with Gasteiger partial charge >= 0.3 is 5.97 Å². The van der Waals surface area contributed by atoms with E-state index in [9.17, 15) is 14.9 Å². The van der Waals surface area contributed by atoms with Crippen LogP contribution in [0.15, 0.2) is 47.4 Å². The Hall–Kier alpha value is -2.05. The van der Waals surface area contributed by atoms with Crippen molar-refractivity contribution in [1.82, 2.24) is 0 Å². The summed E-state index contributed by atoms with van der Waals surface area (Å²) in [6.45, 7) is 1.84. The van der Waals surface area contributed by atoms with E-state index in [2.05, 4.69) is 0 Å². The number of benzene rings is 2. The molecule has 2 rings (SSSR count). The minimum atomic E-state index is -0.486. The quantitative estimate of drug-likeness (QED) is 0.252. The molecular formula is C16H14ClNO4S. The smallest absolute Gasteiger partial charge is 0.338 e. The fourth-order valence-electron chi connectivity index (χ4n) is 1.90. The molecule has 0 heterocycles. The van der Waals surface area contributed by atoms with Gasteiger partial charge in [0.1, 0.15) is 6.61 Å². The van der Waals surface area contributed by atoms with Crippen LogP contribution in [0.3, 0.4) is 0 Å². The summed E-state index contributed by atoms with van der Waals surface area (Å²) in [5.41, 5.74) is 0.726. The maximum Gasteiger partial charge on any atom is 0.338 e. The summed E-state index contributed by atoms with van der Waals surface area (Å²) in [4.78, 5) is 23.2. The third-order valence-corrected chi connectivity index (χ3v) is 4.26. The van der Waals surface area contributed by atoms with Crippen LogP contribution >= 0.6 is 23.4 Å². The lowest BCUT2D eigenvalue weighted by molar-refractivity contribution is -0.385. The molecule has 0 saturated heterocycles. The zero-order valence-corrected chi connectivity index (χ0v) is 13.9. The lowest BCUT2D eigenvalue weighted by atomic mass is 10.1. The molecule has 5 nitrogen and oxygen atoms in total. The van der Waals surface area contributed by atoms with Crippen LogP contribution in [0.2, 0.25) is 5.02 Å². The monoisotopic (exact) mass is 351 g/mol. The normalized spacial score (nSPS) is 10.3. The molecule has 0 spiro atoms. The van der Waals surface area contributed by atoms with Crippen molar-refractivity contribution in [3.8, 4) is 0 Å². The molecule has 0 bridgehead atoms. The highest BCUT2D eigenvalue weighted by atomic mass is 35.5. The number of nitro benzene ring substituents is 1. The van der Waals surface area contributed by atoms with E-state index in [1.54, 1.807) is 30.8 Å². The van der Waals surface area contributed by atoms with Gasteiger partial charge in [0.15, 0.2) is 0 Å². The second-order valence-corrected chi connectivity index (χ2v) is 6.30. The highest BCUT2D eigenvalue weighted by Crippen LogP contribution is 2.21. The standard InChI is InChI=1S/C16H14ClNO4S/c1-11-10-12(2-7-15(11)18(20)21)16(19)22-8-9-23-14-5-3-13(17)4-6-14/h2-7,10H,8-9H2,1H3. The number of halogens is 1. The first kappa shape index (κ1) is 17.3. The summed E-state index contributed by atoms with van der Waals surface area (Å²) in [7, 11) is 0. The van der Waals surface area contributed by atoms with Crippen molar-refractivity contribution in [3.05, 3.63) is 68.7 Å². The summed E-state index contributed by atoms with van der Waals surface area (Å²) in [6, 6.07) is 11.6. The van der Waals surface area contributed by atoms with Crippen LogP contribution in [-0.2, 0) is 4.74 Å². The van der Waals surface area contributed by atoms with Gasteiger partial charge in [0.05, 0.1) is 10.5 Å². The van der Waals surface area contributed by atoms with E-state index in [1.165, 1.54) is 18.2 Å². The summed E-state index contributed by atoms with van der Waals surface area (Å²) < 4.78 is 5.17. The third-order valence-electron chi connectivity index (χ3n) is 3.03. The van der Waals surface area contributed by atoms with Gasteiger partial charge in [0.2, 0.25) is 0 Å². The Labute approximate surface area is 142 Å². The Kier molecular flexibility index (Phi) is 6.01. The number of carbonyl (C=O) groups is 1. The van der Waals surface area contributed by atoms with Gasteiger partial charge in [-0.3, -0.25) is 10.1 Å². The number of ether oxygens (including phenoxy) is 1. The van der Waals surface area contributed by atoms with Gasteiger partial charge in [-0.2, -0.15) is 0 Å². The molecular weight excluding hydrogens is 338 g/mol. The van der Waals surface area contributed by atoms with Crippen LogP contribution in [-0.4, -0.2) is 23.3 Å². The number of thioether (sulfide) groups is 1. The van der Waals surface area contributed by atoms with Gasteiger partial charge in [-0.15, -0.1) is 11.8 Å². The molecule has 0 aliphatic heterocycles. The Morgan fingerprint density at radius 2 is 1.96 bits per heavy atom. The van der Waals surface area contributed by atoms with Crippen molar-refractivity contribution in [1.29, 1.82) is 0 Å². The maximum atomic E-state index is 11.9. The van der Waals surface area contributed by atoms with Crippen molar-refractivity contribution in [2.24, 2.45) is 0 Å². The van der Waals surface area contributed by atoms with E-state index in [1.807, 2.05) is 12.1 Å². The van der Waals surface area contributed by atoms with E-state index >= 15 is 0 Å². The molecule has 0 atom stereocenters. The predicted octanol–water partition coefficient (Wildman–Crippen LogP) is 4.51. The van der Waals surface area contributed by atoms with Crippen LogP contribution in [0.4, 0.5) is 5.69 Å². The molecule has 0 aromatic heterocycles. The number of nitrogens with zero attached hydrogens (tertiary/aromatic N) is 1. The van der Waals surface area contributed by atoms with Crippen molar-refractivity contribution in [3.63, 3.8) is 0 Å². The Balaban J connectivity index is 1.84. The fraction of sp³-hybridized carbons (Fsp3) is 0.188. The molecule has 2 aromatic rings. The van der Waals surface area contributed by atoms with Crippen molar-refractivity contribution < 1.29 is 14.5 Å². The number of aryl methyl sites for hydroxylation is 1. The highest BCUT2D eigenvalue weighted by molar-refractivity contribution is 7.99. The average Bonchev–Trinajstić information content (AvgIpc) is 2.52. The second-order valence-electron chi connectivity index (χ2n) is 4.70. The molecule has 0 saturated carbocycles. The van der Waals surface area contributed by atoms with Crippen molar-refractivity contribution >= 4 is 35.0 Å². The third kappa shape index (κ3) is 4.97. The fourth-order valence-corrected chi connectivity index (χ4v) is 2.75. The van der Waals surface area contributed by atoms with Gasteiger partial charge in [-0.25, -0.2) is 4.79 Å². The van der Waals surface area contributed by atoms with Crippen LogP contribution in [0, 0.1) is 17.0 Å². The minimum Gasteiger partial charge on any atom is -0.461 e.